The Morgan fingerprint density at radius 1 is 1.29 bits per heavy atom. The fourth-order valence-electron chi connectivity index (χ4n) is 1.47. The molecule has 0 saturated carbocycles. The second-order valence-electron chi connectivity index (χ2n) is 3.36. The lowest BCUT2D eigenvalue weighted by Crippen LogP contribution is -2.29. The number of fused-ring (bicyclic) bond motifs is 1. The number of hydrogen-bond acceptors (Lipinski definition) is 3. The topological polar surface area (TPSA) is 55.4 Å². The number of alkyl halides is 3. The van der Waals surface area contributed by atoms with Crippen LogP contribution >= 0.6 is 0 Å². The molecule has 1 amide bonds. The molecule has 1 aliphatic rings. The van der Waals surface area contributed by atoms with E-state index in [0.717, 1.165) is 0 Å². The molecule has 1 N–H and O–H groups in total. The molecule has 7 heteroatoms. The number of carbonyl (C=O) groups excluding carboxylic acids is 2. The van der Waals surface area contributed by atoms with Crippen LogP contribution in [-0.2, 0) is 14.3 Å². The van der Waals surface area contributed by atoms with Crippen molar-refractivity contribution >= 4 is 17.6 Å². The van der Waals surface area contributed by atoms with Gasteiger partial charge in [-0.1, -0.05) is 18.2 Å². The zero-order chi connectivity index (χ0) is 12.6. The molecule has 1 unspecified atom stereocenters. The van der Waals surface area contributed by atoms with Crippen molar-refractivity contribution in [1.82, 2.24) is 0 Å². The van der Waals surface area contributed by atoms with Crippen molar-refractivity contribution in [1.29, 1.82) is 0 Å². The second kappa shape index (κ2) is 3.76. The molecule has 1 aromatic carbocycles. The first-order valence-corrected chi connectivity index (χ1v) is 4.57. The number of rotatable bonds is 1. The number of hydrogen-bond donors (Lipinski definition) is 1. The first-order valence-electron chi connectivity index (χ1n) is 4.57. The van der Waals surface area contributed by atoms with E-state index in [9.17, 15) is 22.8 Å². The number of esters is 1. The van der Waals surface area contributed by atoms with Crippen LogP contribution in [-0.4, -0.2) is 18.1 Å². The lowest BCUT2D eigenvalue weighted by atomic mass is 10.1. The Morgan fingerprint density at radius 3 is 2.59 bits per heavy atom. The Balaban J connectivity index is 2.23. The summed E-state index contributed by atoms with van der Waals surface area (Å²) in [5.74, 6) is -3.17. The molecule has 1 aliphatic heterocycles. The molecule has 90 valence electrons. The van der Waals surface area contributed by atoms with Crippen LogP contribution in [0.1, 0.15) is 11.7 Å². The predicted molar refractivity (Wildman–Crippen MR) is 50.0 cm³/mol. The van der Waals surface area contributed by atoms with Gasteiger partial charge in [-0.05, 0) is 6.07 Å². The van der Waals surface area contributed by atoms with Crippen LogP contribution in [0.15, 0.2) is 24.3 Å². The summed E-state index contributed by atoms with van der Waals surface area (Å²) >= 11 is 0. The molecule has 1 atom stereocenters. The number of halogens is 3. The molecule has 0 saturated heterocycles. The van der Waals surface area contributed by atoms with Gasteiger partial charge in [-0.25, -0.2) is 4.79 Å². The average molecular weight is 245 g/mol. The highest BCUT2D eigenvalue weighted by Crippen LogP contribution is 2.34. The van der Waals surface area contributed by atoms with Crippen molar-refractivity contribution in [2.75, 3.05) is 5.32 Å². The minimum atomic E-state index is -5.11. The van der Waals surface area contributed by atoms with Crippen molar-refractivity contribution in [3.05, 3.63) is 29.8 Å². The second-order valence-corrected chi connectivity index (χ2v) is 3.36. The molecular weight excluding hydrogens is 239 g/mol. The van der Waals surface area contributed by atoms with Gasteiger partial charge in [0, 0.05) is 11.3 Å². The van der Waals surface area contributed by atoms with Crippen molar-refractivity contribution in [2.45, 2.75) is 12.3 Å². The minimum absolute atomic E-state index is 0.218. The summed E-state index contributed by atoms with van der Waals surface area (Å²) in [5.41, 5.74) is 0.563. The van der Waals surface area contributed by atoms with Gasteiger partial charge in [0.15, 0.2) is 0 Å². The molecule has 4 nitrogen and oxygen atoms in total. The molecule has 0 fully saturated rings. The van der Waals surface area contributed by atoms with E-state index >= 15 is 0 Å². The molecule has 1 heterocycles. The van der Waals surface area contributed by atoms with E-state index in [1.54, 1.807) is 6.07 Å². The highest BCUT2D eigenvalue weighted by Gasteiger charge is 2.45. The zero-order valence-electron chi connectivity index (χ0n) is 8.25. The fourth-order valence-corrected chi connectivity index (χ4v) is 1.47. The van der Waals surface area contributed by atoms with Gasteiger partial charge in [-0.2, -0.15) is 13.2 Å². The Bertz CT molecular complexity index is 484. The molecule has 0 aromatic heterocycles. The average Bonchev–Trinajstić information content (AvgIpc) is 2.54. The van der Waals surface area contributed by atoms with E-state index in [0.29, 0.717) is 5.69 Å². The van der Waals surface area contributed by atoms with Gasteiger partial charge in [0.2, 0.25) is 6.10 Å². The Morgan fingerprint density at radius 2 is 1.94 bits per heavy atom. The van der Waals surface area contributed by atoms with Gasteiger partial charge in [0.1, 0.15) is 0 Å². The maximum atomic E-state index is 12.0. The lowest BCUT2D eigenvalue weighted by molar-refractivity contribution is -0.205. The van der Waals surface area contributed by atoms with Crippen LogP contribution in [0.25, 0.3) is 0 Å². The van der Waals surface area contributed by atoms with Crippen molar-refractivity contribution in [2.24, 2.45) is 0 Å². The van der Waals surface area contributed by atoms with E-state index in [4.69, 9.17) is 0 Å². The maximum absolute atomic E-state index is 12.0. The van der Waals surface area contributed by atoms with Crippen LogP contribution in [0.5, 0.6) is 0 Å². The van der Waals surface area contributed by atoms with Gasteiger partial charge in [-0.15, -0.1) is 0 Å². The van der Waals surface area contributed by atoms with Crippen molar-refractivity contribution in [3.8, 4) is 0 Å². The smallest absolute Gasteiger partial charge is 0.441 e. The molecule has 0 radical (unpaired) electrons. The third-order valence-electron chi connectivity index (χ3n) is 2.20. The Kier molecular flexibility index (Phi) is 2.53. The molecule has 17 heavy (non-hydrogen) atoms. The molecule has 0 aliphatic carbocycles. The van der Waals surface area contributed by atoms with Crippen LogP contribution in [0.4, 0.5) is 18.9 Å². The molecular formula is C10H6F3NO3. The fraction of sp³-hybridized carbons (Fsp3) is 0.200. The van der Waals surface area contributed by atoms with Gasteiger partial charge < -0.3 is 10.1 Å². The lowest BCUT2D eigenvalue weighted by Gasteiger charge is -2.12. The Hall–Kier alpha value is -2.05. The maximum Gasteiger partial charge on any atom is 0.490 e. The molecule has 0 bridgehead atoms. The summed E-state index contributed by atoms with van der Waals surface area (Å²) < 4.78 is 40.1. The first kappa shape index (κ1) is 11.4. The molecule has 0 spiro atoms. The summed E-state index contributed by atoms with van der Waals surface area (Å²) in [6, 6.07) is 6.07. The summed E-state index contributed by atoms with van der Waals surface area (Å²) in [4.78, 5) is 22.0. The van der Waals surface area contributed by atoms with E-state index in [-0.39, 0.29) is 5.56 Å². The number of ether oxygens (including phenoxy) is 1. The van der Waals surface area contributed by atoms with Crippen molar-refractivity contribution < 1.29 is 27.5 Å². The third kappa shape index (κ3) is 2.08. The van der Waals surface area contributed by atoms with Gasteiger partial charge >= 0.3 is 12.1 Å². The quantitative estimate of drug-likeness (QED) is 0.767. The summed E-state index contributed by atoms with van der Waals surface area (Å²) in [7, 11) is 0. The molecule has 1 aromatic rings. The number of anilines is 1. The number of nitrogens with one attached hydrogen (secondary N) is 1. The number of amides is 1. The van der Waals surface area contributed by atoms with E-state index < -0.39 is 24.2 Å². The SMILES string of the molecule is O=C1Nc2ccccc2C1OC(=O)C(F)(F)F. The van der Waals surface area contributed by atoms with Crippen molar-refractivity contribution in [3.63, 3.8) is 0 Å². The third-order valence-corrected chi connectivity index (χ3v) is 2.20. The monoisotopic (exact) mass is 245 g/mol. The van der Waals surface area contributed by atoms with E-state index in [1.165, 1.54) is 18.2 Å². The standard InChI is InChI=1S/C10H6F3NO3/c11-10(12,13)9(16)17-7-5-3-1-2-4-6(5)14-8(7)15/h1-4,7H,(H,14,15). The summed E-state index contributed by atoms with van der Waals surface area (Å²) in [5, 5.41) is 2.32. The first-order chi connectivity index (χ1) is 7.89. The Labute approximate surface area is 93.4 Å². The van der Waals surface area contributed by atoms with Gasteiger partial charge in [0.05, 0.1) is 0 Å². The van der Waals surface area contributed by atoms with Crippen LogP contribution in [0.3, 0.4) is 0 Å². The van der Waals surface area contributed by atoms with E-state index in [2.05, 4.69) is 10.1 Å². The van der Waals surface area contributed by atoms with E-state index in [1.807, 2.05) is 0 Å². The van der Waals surface area contributed by atoms with Crippen LogP contribution in [0.2, 0.25) is 0 Å². The zero-order valence-corrected chi connectivity index (χ0v) is 8.25. The normalized spacial score (nSPS) is 18.5. The number of benzene rings is 1. The largest absolute Gasteiger partial charge is 0.490 e. The van der Waals surface area contributed by atoms with Crippen LogP contribution in [0, 0.1) is 0 Å². The minimum Gasteiger partial charge on any atom is -0.441 e. The summed E-state index contributed by atoms with van der Waals surface area (Å²) in [6.45, 7) is 0. The van der Waals surface area contributed by atoms with Gasteiger partial charge in [0.25, 0.3) is 5.91 Å². The van der Waals surface area contributed by atoms with Crippen LogP contribution < -0.4 is 5.32 Å². The van der Waals surface area contributed by atoms with Gasteiger partial charge in [-0.3, -0.25) is 4.79 Å². The highest BCUT2D eigenvalue weighted by atomic mass is 19.4. The predicted octanol–water partition coefficient (Wildman–Crippen LogP) is 1.79. The summed E-state index contributed by atoms with van der Waals surface area (Å²) in [6.07, 6.45) is -6.65. The number of carbonyl (C=O) groups is 2. The molecule has 2 rings (SSSR count). The number of para-hydroxylation sites is 1. The highest BCUT2D eigenvalue weighted by molar-refractivity contribution is 6.02.